The van der Waals surface area contributed by atoms with Gasteiger partial charge in [-0.3, -0.25) is 4.57 Å². The molecular weight excluding hydrogens is 307 g/mol. The van der Waals surface area contributed by atoms with Crippen LogP contribution in [0.5, 0.6) is 0 Å². The predicted molar refractivity (Wildman–Crippen MR) is 86.7 cm³/mol. The molecule has 0 amide bonds. The average Bonchev–Trinajstić information content (AvgIpc) is 2.97. The number of hydrogen-bond donors (Lipinski definition) is 0. The van der Waals surface area contributed by atoms with Crippen molar-refractivity contribution in [2.45, 2.75) is 26.8 Å². The summed E-state index contributed by atoms with van der Waals surface area (Å²) in [6.45, 7) is 4.84. The second-order valence-corrected chi connectivity index (χ2v) is 5.67. The zero-order valence-corrected chi connectivity index (χ0v) is 13.5. The predicted octanol–water partition coefficient (Wildman–Crippen LogP) is 3.99. The van der Waals surface area contributed by atoms with Gasteiger partial charge in [0.05, 0.1) is 11.4 Å². The Labute approximate surface area is 133 Å². The maximum absolute atomic E-state index is 6.14. The number of halogens is 2. The molecule has 6 heteroatoms. The van der Waals surface area contributed by atoms with Crippen molar-refractivity contribution in [3.8, 4) is 5.69 Å². The van der Waals surface area contributed by atoms with Crippen molar-refractivity contribution in [3.63, 3.8) is 0 Å². The second-order valence-electron chi connectivity index (χ2n) is 4.86. The van der Waals surface area contributed by atoms with Gasteiger partial charge in [0.1, 0.15) is 11.3 Å². The molecule has 0 aliphatic rings. The smallest absolute Gasteiger partial charge is 0.163 e. The maximum atomic E-state index is 6.14. The van der Waals surface area contributed by atoms with Gasteiger partial charge < -0.3 is 0 Å². The van der Waals surface area contributed by atoms with Crippen LogP contribution in [-0.4, -0.2) is 25.2 Å². The molecule has 1 aromatic carbocycles. The lowest BCUT2D eigenvalue weighted by Gasteiger charge is -2.10. The van der Waals surface area contributed by atoms with Gasteiger partial charge in [0.2, 0.25) is 0 Å². The average molecular weight is 323 g/mol. The number of nitrogens with zero attached hydrogens (tertiary/aromatic N) is 4. The minimum absolute atomic E-state index is 0.527. The third-order valence-corrected chi connectivity index (χ3v) is 3.89. The number of aromatic nitrogens is 4. The van der Waals surface area contributed by atoms with Gasteiger partial charge in [0.15, 0.2) is 5.65 Å². The van der Waals surface area contributed by atoms with E-state index >= 15 is 0 Å². The van der Waals surface area contributed by atoms with Crippen molar-refractivity contribution in [2.75, 3.05) is 5.88 Å². The second kappa shape index (κ2) is 5.70. The SMILES string of the molecule is CCn1nc(C)c2nc(CCCl)n(-c3cccc(Cl)c3)c21. The molecular formula is C15H16Cl2N4. The number of fused-ring (bicyclic) bond motifs is 1. The minimum Gasteiger partial charge on any atom is -0.281 e. The van der Waals surface area contributed by atoms with Gasteiger partial charge >= 0.3 is 0 Å². The fraction of sp³-hybridized carbons (Fsp3) is 0.333. The molecule has 21 heavy (non-hydrogen) atoms. The molecule has 0 aliphatic heterocycles. The molecule has 0 spiro atoms. The minimum atomic E-state index is 0.527. The molecule has 0 N–H and O–H groups in total. The summed E-state index contributed by atoms with van der Waals surface area (Å²) in [6, 6.07) is 7.76. The maximum Gasteiger partial charge on any atom is 0.163 e. The Morgan fingerprint density at radius 3 is 2.76 bits per heavy atom. The highest BCUT2D eigenvalue weighted by Crippen LogP contribution is 2.26. The molecule has 0 bridgehead atoms. The Bertz CT molecular complexity index is 788. The molecule has 3 rings (SSSR count). The van der Waals surface area contributed by atoms with E-state index in [2.05, 4.69) is 16.6 Å². The van der Waals surface area contributed by atoms with E-state index in [1.165, 1.54) is 0 Å². The van der Waals surface area contributed by atoms with E-state index in [4.69, 9.17) is 28.2 Å². The van der Waals surface area contributed by atoms with Gasteiger partial charge in [-0.15, -0.1) is 11.6 Å². The molecule has 2 heterocycles. The molecule has 0 unspecified atom stereocenters. The summed E-state index contributed by atoms with van der Waals surface area (Å²) in [4.78, 5) is 4.73. The summed E-state index contributed by atoms with van der Waals surface area (Å²) >= 11 is 12.1. The Hall–Kier alpha value is -1.52. The molecule has 4 nitrogen and oxygen atoms in total. The number of imidazole rings is 1. The first-order valence-electron chi connectivity index (χ1n) is 6.92. The van der Waals surface area contributed by atoms with Crippen LogP contribution in [0, 0.1) is 6.92 Å². The van der Waals surface area contributed by atoms with Crippen LogP contribution in [-0.2, 0) is 13.0 Å². The molecule has 110 valence electrons. The Kier molecular flexibility index (Phi) is 3.91. The van der Waals surface area contributed by atoms with E-state index in [1.54, 1.807) is 0 Å². The van der Waals surface area contributed by atoms with Gasteiger partial charge in [-0.25, -0.2) is 9.67 Å². The van der Waals surface area contributed by atoms with Crippen molar-refractivity contribution in [1.82, 2.24) is 19.3 Å². The van der Waals surface area contributed by atoms with Crippen LogP contribution in [0.4, 0.5) is 0 Å². The molecule has 0 saturated carbocycles. The molecule has 2 aromatic heterocycles. The third kappa shape index (κ3) is 2.43. The van der Waals surface area contributed by atoms with Crippen LogP contribution in [0.1, 0.15) is 18.4 Å². The standard InChI is InChI=1S/C15H16Cl2N4/c1-3-20-15-14(10(2)19-20)18-13(7-8-16)21(15)12-6-4-5-11(17)9-12/h4-6,9H,3,7-8H2,1-2H3. The van der Waals surface area contributed by atoms with Crippen LogP contribution < -0.4 is 0 Å². The summed E-state index contributed by atoms with van der Waals surface area (Å²) in [6.07, 6.45) is 0.700. The monoisotopic (exact) mass is 322 g/mol. The lowest BCUT2D eigenvalue weighted by atomic mass is 10.3. The zero-order valence-electron chi connectivity index (χ0n) is 12.0. The van der Waals surface area contributed by atoms with E-state index in [0.717, 1.165) is 34.9 Å². The van der Waals surface area contributed by atoms with Crippen LogP contribution in [0.2, 0.25) is 5.02 Å². The quantitative estimate of drug-likeness (QED) is 0.681. The fourth-order valence-corrected chi connectivity index (χ4v) is 2.93. The summed E-state index contributed by atoms with van der Waals surface area (Å²) in [7, 11) is 0. The highest BCUT2D eigenvalue weighted by molar-refractivity contribution is 6.30. The number of aryl methyl sites for hydroxylation is 3. The van der Waals surface area contributed by atoms with Crippen LogP contribution in [0.15, 0.2) is 24.3 Å². The summed E-state index contributed by atoms with van der Waals surface area (Å²) in [5.41, 5.74) is 3.84. The Morgan fingerprint density at radius 1 is 1.29 bits per heavy atom. The van der Waals surface area contributed by atoms with E-state index < -0.39 is 0 Å². The van der Waals surface area contributed by atoms with Gasteiger partial charge in [-0.2, -0.15) is 5.10 Å². The van der Waals surface area contributed by atoms with Crippen molar-refractivity contribution >= 4 is 34.4 Å². The van der Waals surface area contributed by atoms with Crippen LogP contribution >= 0.6 is 23.2 Å². The third-order valence-electron chi connectivity index (χ3n) is 3.46. The molecule has 0 radical (unpaired) electrons. The molecule has 3 aromatic rings. The number of hydrogen-bond acceptors (Lipinski definition) is 2. The molecule has 0 saturated heterocycles. The number of alkyl halides is 1. The summed E-state index contributed by atoms with van der Waals surface area (Å²) in [5.74, 6) is 1.46. The van der Waals surface area contributed by atoms with Gasteiger partial charge in [-0.05, 0) is 32.0 Å². The largest absolute Gasteiger partial charge is 0.281 e. The lowest BCUT2D eigenvalue weighted by molar-refractivity contribution is 0.659. The first kappa shape index (κ1) is 14.4. The number of benzene rings is 1. The normalized spacial score (nSPS) is 11.4. The van der Waals surface area contributed by atoms with E-state index in [1.807, 2.05) is 35.9 Å². The van der Waals surface area contributed by atoms with Crippen LogP contribution in [0.25, 0.3) is 16.9 Å². The summed E-state index contributed by atoms with van der Waals surface area (Å²) < 4.78 is 4.07. The van der Waals surface area contributed by atoms with Gasteiger partial charge in [0, 0.05) is 23.9 Å². The highest BCUT2D eigenvalue weighted by Gasteiger charge is 2.19. The van der Waals surface area contributed by atoms with Crippen molar-refractivity contribution in [3.05, 3.63) is 40.8 Å². The molecule has 0 aliphatic carbocycles. The van der Waals surface area contributed by atoms with Crippen molar-refractivity contribution in [1.29, 1.82) is 0 Å². The Balaban J connectivity index is 2.34. The number of rotatable bonds is 4. The van der Waals surface area contributed by atoms with Crippen LogP contribution in [0.3, 0.4) is 0 Å². The molecule has 0 fully saturated rings. The Morgan fingerprint density at radius 2 is 2.10 bits per heavy atom. The first-order valence-corrected chi connectivity index (χ1v) is 7.83. The highest BCUT2D eigenvalue weighted by atomic mass is 35.5. The van der Waals surface area contributed by atoms with Gasteiger partial charge in [-0.1, -0.05) is 17.7 Å². The zero-order chi connectivity index (χ0) is 15.0. The first-order chi connectivity index (χ1) is 10.2. The topological polar surface area (TPSA) is 35.6 Å². The van der Waals surface area contributed by atoms with E-state index in [0.29, 0.717) is 17.3 Å². The van der Waals surface area contributed by atoms with Crippen molar-refractivity contribution in [2.24, 2.45) is 0 Å². The fourth-order valence-electron chi connectivity index (χ4n) is 2.57. The van der Waals surface area contributed by atoms with Crippen molar-refractivity contribution < 1.29 is 0 Å². The van der Waals surface area contributed by atoms with Gasteiger partial charge in [0.25, 0.3) is 0 Å². The molecule has 0 atom stereocenters. The lowest BCUT2D eigenvalue weighted by Crippen LogP contribution is -2.07. The van der Waals surface area contributed by atoms with E-state index in [9.17, 15) is 0 Å². The summed E-state index contributed by atoms with van der Waals surface area (Å²) in [5, 5.41) is 5.24. The van der Waals surface area contributed by atoms with E-state index in [-0.39, 0.29) is 0 Å².